The number of aliphatic hydroxyl groups is 1. The Bertz CT molecular complexity index is 1520. The Labute approximate surface area is 239 Å². The summed E-state index contributed by atoms with van der Waals surface area (Å²) in [7, 11) is 1.44. The first-order valence-corrected chi connectivity index (χ1v) is 13.8. The molecule has 214 valence electrons. The highest BCUT2D eigenvalue weighted by Gasteiger charge is 2.40. The highest BCUT2D eigenvalue weighted by molar-refractivity contribution is 6.05. The molecular formula is C33H35NO7. The normalized spacial score (nSPS) is 14.4. The van der Waals surface area contributed by atoms with Crippen molar-refractivity contribution in [2.75, 3.05) is 20.3 Å². The van der Waals surface area contributed by atoms with Crippen molar-refractivity contribution in [3.63, 3.8) is 0 Å². The summed E-state index contributed by atoms with van der Waals surface area (Å²) in [5.41, 5.74) is 5.85. The van der Waals surface area contributed by atoms with E-state index in [0.717, 1.165) is 34.4 Å². The van der Waals surface area contributed by atoms with E-state index in [1.807, 2.05) is 18.3 Å². The number of aromatic nitrogens is 1. The second kappa shape index (κ2) is 12.4. The Balaban J connectivity index is 1.52. The van der Waals surface area contributed by atoms with Crippen molar-refractivity contribution in [1.29, 1.82) is 0 Å². The van der Waals surface area contributed by atoms with Gasteiger partial charge in [0.2, 0.25) is 5.75 Å². The van der Waals surface area contributed by atoms with Gasteiger partial charge in [-0.25, -0.2) is 0 Å². The highest BCUT2D eigenvalue weighted by Crippen LogP contribution is 2.52. The van der Waals surface area contributed by atoms with Gasteiger partial charge >= 0.3 is 5.78 Å². The second-order valence-corrected chi connectivity index (χ2v) is 10.1. The molecule has 1 aliphatic rings. The molecule has 0 fully saturated rings. The third-order valence-electron chi connectivity index (χ3n) is 7.36. The van der Waals surface area contributed by atoms with Gasteiger partial charge in [-0.15, -0.1) is 0 Å². The Morgan fingerprint density at radius 3 is 2.54 bits per heavy atom. The molecule has 4 aromatic rings. The lowest BCUT2D eigenvalue weighted by atomic mass is 9.90. The Hall–Kier alpha value is -4.43. The fourth-order valence-corrected chi connectivity index (χ4v) is 5.18. The number of hydrogen-bond acceptors (Lipinski definition) is 6. The summed E-state index contributed by atoms with van der Waals surface area (Å²) in [5, 5.41) is 30.4. The van der Waals surface area contributed by atoms with Gasteiger partial charge in [-0.1, -0.05) is 55.8 Å². The standard InChI is InChI=1S/C33H34NO7/c1-3-24-17-23(19-34-24)22-7-4-6-20(16-22)8-13-26-30(38)33(39-2)32(40-15-5-14-35)29-27(37)18-28(41-31(26)29)21-9-11-25(36)12-10-21/h4,6-7,9-12,16-17,19,28,35-36H,3,5,8,13-15,18H2,1-2H3,(H,37,38)/q-1/p+1. The van der Waals surface area contributed by atoms with Crippen molar-refractivity contribution in [3.8, 4) is 39.9 Å². The lowest BCUT2D eigenvalue weighted by molar-refractivity contribution is 0.192. The van der Waals surface area contributed by atoms with Gasteiger partial charge in [0, 0.05) is 18.6 Å². The van der Waals surface area contributed by atoms with Crippen LogP contribution < -0.4 is 19.2 Å². The molecule has 1 aromatic heterocycles. The maximum atomic E-state index is 11.4. The van der Waals surface area contributed by atoms with Gasteiger partial charge in [0.05, 0.1) is 13.7 Å². The van der Waals surface area contributed by atoms with E-state index in [0.29, 0.717) is 36.1 Å². The van der Waals surface area contributed by atoms with E-state index in [1.165, 1.54) is 7.11 Å². The van der Waals surface area contributed by atoms with Gasteiger partial charge in [0.25, 0.3) is 0 Å². The molecule has 4 N–H and O–H groups in total. The first kappa shape index (κ1) is 28.1. The number of benzene rings is 3. The summed E-state index contributed by atoms with van der Waals surface area (Å²) >= 11 is 0. The minimum atomic E-state index is -0.541. The Morgan fingerprint density at radius 1 is 1.02 bits per heavy atom. The van der Waals surface area contributed by atoms with Crippen LogP contribution in [0.2, 0.25) is 0 Å². The SMILES string of the molecule is CCc1cc(-c2cccc(CCc3c(O)c(OC)c(OCCCO)c4c3OC(c3ccc(O)cc3)CC4=[OH+])c2)c[n-]1. The number of fused-ring (bicyclic) bond motifs is 1. The lowest BCUT2D eigenvalue weighted by Gasteiger charge is -2.28. The molecule has 0 amide bonds. The van der Waals surface area contributed by atoms with Crippen molar-refractivity contribution in [2.24, 2.45) is 0 Å². The molecule has 3 aromatic carbocycles. The van der Waals surface area contributed by atoms with E-state index in [9.17, 15) is 20.1 Å². The number of ketones is 1. The van der Waals surface area contributed by atoms with Crippen LogP contribution in [0.1, 0.15) is 53.8 Å². The van der Waals surface area contributed by atoms with Crippen LogP contribution in [-0.4, -0.2) is 46.2 Å². The second-order valence-electron chi connectivity index (χ2n) is 10.1. The van der Waals surface area contributed by atoms with Crippen molar-refractivity contribution < 1.29 is 34.3 Å². The fourth-order valence-electron chi connectivity index (χ4n) is 5.18. The number of aliphatic hydroxyl groups excluding tert-OH is 1. The van der Waals surface area contributed by atoms with Gasteiger partial charge in [-0.2, -0.15) is 11.9 Å². The molecule has 0 radical (unpaired) electrons. The number of phenols is 2. The Kier molecular flexibility index (Phi) is 8.50. The molecule has 0 aliphatic carbocycles. The van der Waals surface area contributed by atoms with Gasteiger partial charge in [-0.3, -0.25) is 4.79 Å². The van der Waals surface area contributed by atoms with Crippen molar-refractivity contribution in [3.05, 3.63) is 88.7 Å². The monoisotopic (exact) mass is 557 g/mol. The molecule has 1 aliphatic heterocycles. The van der Waals surface area contributed by atoms with E-state index >= 15 is 0 Å². The van der Waals surface area contributed by atoms with Crippen LogP contribution in [0, 0.1) is 0 Å². The van der Waals surface area contributed by atoms with E-state index in [-0.39, 0.29) is 48.4 Å². The van der Waals surface area contributed by atoms with Crippen LogP contribution in [-0.2, 0) is 19.3 Å². The average Bonchev–Trinajstić information content (AvgIpc) is 3.47. The summed E-state index contributed by atoms with van der Waals surface area (Å²) in [5.74, 6) is 0.670. The predicted molar refractivity (Wildman–Crippen MR) is 156 cm³/mol. The summed E-state index contributed by atoms with van der Waals surface area (Å²) in [6.07, 6.45) is 3.74. The number of ether oxygens (including phenoxy) is 3. The molecule has 0 bridgehead atoms. The van der Waals surface area contributed by atoms with Crippen molar-refractivity contribution >= 4 is 5.78 Å². The van der Waals surface area contributed by atoms with Gasteiger partial charge < -0.3 is 34.5 Å². The number of aromatic hydroxyl groups is 2. The first-order valence-electron chi connectivity index (χ1n) is 13.8. The van der Waals surface area contributed by atoms with Crippen molar-refractivity contribution in [1.82, 2.24) is 4.98 Å². The van der Waals surface area contributed by atoms with E-state index in [4.69, 9.17) is 14.2 Å². The number of hydrogen-bond donors (Lipinski definition) is 3. The molecule has 0 saturated carbocycles. The van der Waals surface area contributed by atoms with Crippen LogP contribution in [0.25, 0.3) is 11.1 Å². The molecule has 1 atom stereocenters. The number of phenolic OH excluding ortho intramolecular Hbond substituents is 2. The van der Waals surface area contributed by atoms with Crippen LogP contribution in [0.4, 0.5) is 0 Å². The molecule has 8 heteroatoms. The van der Waals surface area contributed by atoms with Crippen LogP contribution in [0.15, 0.2) is 60.8 Å². The number of aryl methyl sites for hydroxylation is 2. The minimum absolute atomic E-state index is 0.0420. The molecular weight excluding hydrogens is 522 g/mol. The fraction of sp³-hybridized carbons (Fsp3) is 0.303. The number of nitrogens with zero attached hydrogens (tertiary/aromatic N) is 1. The molecule has 0 saturated heterocycles. The van der Waals surface area contributed by atoms with Crippen LogP contribution in [0.3, 0.4) is 0 Å². The third kappa shape index (κ3) is 5.88. The summed E-state index contributed by atoms with van der Waals surface area (Å²) in [6, 6.07) is 16.9. The number of methoxy groups -OCH3 is 1. The highest BCUT2D eigenvalue weighted by atomic mass is 16.5. The van der Waals surface area contributed by atoms with Gasteiger partial charge in [0.1, 0.15) is 24.0 Å². The largest absolute Gasteiger partial charge is 0.667 e. The average molecular weight is 558 g/mol. The van der Waals surface area contributed by atoms with E-state index < -0.39 is 6.10 Å². The smallest absolute Gasteiger partial charge is 0.335 e. The minimum Gasteiger partial charge on any atom is -0.667 e. The molecule has 5 rings (SSSR count). The van der Waals surface area contributed by atoms with E-state index in [2.05, 4.69) is 30.1 Å². The molecule has 41 heavy (non-hydrogen) atoms. The quantitative estimate of drug-likeness (QED) is 0.170. The molecule has 2 heterocycles. The third-order valence-corrected chi connectivity index (χ3v) is 7.36. The van der Waals surface area contributed by atoms with Crippen LogP contribution in [0.5, 0.6) is 28.7 Å². The summed E-state index contributed by atoms with van der Waals surface area (Å²) in [6.45, 7) is 2.18. The first-order chi connectivity index (χ1) is 19.9. The maximum absolute atomic E-state index is 11.4. The summed E-state index contributed by atoms with van der Waals surface area (Å²) < 4.78 is 18.0. The van der Waals surface area contributed by atoms with Gasteiger partial charge in [0.15, 0.2) is 17.1 Å². The summed E-state index contributed by atoms with van der Waals surface area (Å²) in [4.78, 5) is 15.8. The maximum Gasteiger partial charge on any atom is 0.335 e. The predicted octanol–water partition coefficient (Wildman–Crippen LogP) is 5.26. The zero-order valence-electron chi connectivity index (χ0n) is 23.3. The molecule has 1 unspecified atom stereocenters. The Morgan fingerprint density at radius 2 is 1.83 bits per heavy atom. The number of carbonyl (C=O) groups excluding carboxylic acids is 1. The van der Waals surface area contributed by atoms with Crippen molar-refractivity contribution in [2.45, 2.75) is 45.1 Å². The lowest BCUT2D eigenvalue weighted by Crippen LogP contribution is -2.24. The molecule has 8 nitrogen and oxygen atoms in total. The number of rotatable bonds is 11. The zero-order valence-corrected chi connectivity index (χ0v) is 23.3. The topological polar surface area (TPSA) is 124 Å². The zero-order chi connectivity index (χ0) is 28.9. The van der Waals surface area contributed by atoms with Gasteiger partial charge in [-0.05, 0) is 47.2 Å². The van der Waals surface area contributed by atoms with E-state index in [1.54, 1.807) is 24.3 Å². The van der Waals surface area contributed by atoms with Crippen LogP contribution >= 0.6 is 0 Å². The molecule has 0 spiro atoms.